The molecule has 13 heavy (non-hydrogen) atoms. The minimum atomic E-state index is -0.755. The summed E-state index contributed by atoms with van der Waals surface area (Å²) in [4.78, 5) is 11.1. The standard InChI is InChI=1S/C9H10N2O2/c10-7-5-3-1-2-4-6(5)13-9(12)8(7)11/h1-4,7-8H,10-11H2/t7-,8-/m0/s1. The van der Waals surface area contributed by atoms with Gasteiger partial charge in [-0.15, -0.1) is 0 Å². The maximum absolute atomic E-state index is 11.1. The van der Waals surface area contributed by atoms with Crippen molar-refractivity contribution in [2.45, 2.75) is 12.1 Å². The van der Waals surface area contributed by atoms with Gasteiger partial charge in [0.25, 0.3) is 0 Å². The Bertz CT molecular complexity index is 351. The molecule has 4 N–H and O–H groups in total. The molecule has 0 amide bonds. The molecule has 0 spiro atoms. The molecule has 68 valence electrons. The van der Waals surface area contributed by atoms with Crippen LogP contribution in [0.5, 0.6) is 5.75 Å². The SMILES string of the molecule is N[C@@H]1C(=O)Oc2ccccc2[C@@H]1N. The predicted molar refractivity (Wildman–Crippen MR) is 47.0 cm³/mol. The number of carbonyl (C=O) groups is 1. The minimum absolute atomic E-state index is 0.461. The fraction of sp³-hybridized carbons (Fsp3) is 0.222. The molecule has 4 heteroatoms. The summed E-state index contributed by atoms with van der Waals surface area (Å²) in [5.41, 5.74) is 12.1. The van der Waals surface area contributed by atoms with Gasteiger partial charge in [-0.25, -0.2) is 4.79 Å². The lowest BCUT2D eigenvalue weighted by Gasteiger charge is -2.26. The number of fused-ring (bicyclic) bond motifs is 1. The molecule has 0 radical (unpaired) electrons. The van der Waals surface area contributed by atoms with Gasteiger partial charge in [0.15, 0.2) is 0 Å². The molecule has 1 aromatic rings. The Hall–Kier alpha value is -1.39. The van der Waals surface area contributed by atoms with E-state index in [9.17, 15) is 4.79 Å². The molecule has 1 aliphatic heterocycles. The molecule has 0 bridgehead atoms. The van der Waals surface area contributed by atoms with Crippen molar-refractivity contribution in [2.75, 3.05) is 0 Å². The van der Waals surface area contributed by atoms with Gasteiger partial charge in [-0.3, -0.25) is 0 Å². The van der Waals surface area contributed by atoms with E-state index in [2.05, 4.69) is 0 Å². The van der Waals surface area contributed by atoms with Crippen molar-refractivity contribution in [3.8, 4) is 5.75 Å². The van der Waals surface area contributed by atoms with E-state index < -0.39 is 18.1 Å². The summed E-state index contributed by atoms with van der Waals surface area (Å²) in [7, 11) is 0. The molecule has 0 saturated heterocycles. The van der Waals surface area contributed by atoms with Crippen LogP contribution in [0.2, 0.25) is 0 Å². The molecule has 1 aliphatic rings. The van der Waals surface area contributed by atoms with Crippen molar-refractivity contribution < 1.29 is 9.53 Å². The van der Waals surface area contributed by atoms with Gasteiger partial charge in [0.2, 0.25) is 0 Å². The molecular formula is C9H10N2O2. The van der Waals surface area contributed by atoms with E-state index in [1.165, 1.54) is 0 Å². The normalized spacial score (nSPS) is 26.5. The smallest absolute Gasteiger partial charge is 0.330 e. The van der Waals surface area contributed by atoms with Gasteiger partial charge in [0, 0.05) is 5.56 Å². The molecule has 1 aromatic carbocycles. The van der Waals surface area contributed by atoms with Crippen molar-refractivity contribution in [3.05, 3.63) is 29.8 Å². The lowest BCUT2D eigenvalue weighted by Crippen LogP contribution is -2.46. The Balaban J connectivity index is 2.49. The summed E-state index contributed by atoms with van der Waals surface area (Å²) in [5, 5.41) is 0. The number of hydrogen-bond donors (Lipinski definition) is 2. The number of benzene rings is 1. The Morgan fingerprint density at radius 2 is 1.85 bits per heavy atom. The second-order valence-corrected chi connectivity index (χ2v) is 3.01. The Morgan fingerprint density at radius 3 is 2.62 bits per heavy atom. The van der Waals surface area contributed by atoms with Crippen molar-refractivity contribution in [3.63, 3.8) is 0 Å². The van der Waals surface area contributed by atoms with E-state index in [4.69, 9.17) is 16.2 Å². The topological polar surface area (TPSA) is 78.3 Å². The van der Waals surface area contributed by atoms with Gasteiger partial charge in [-0.2, -0.15) is 0 Å². The third kappa shape index (κ3) is 1.20. The third-order valence-corrected chi connectivity index (χ3v) is 2.15. The molecule has 4 nitrogen and oxygen atoms in total. The largest absolute Gasteiger partial charge is 0.425 e. The first-order valence-electron chi connectivity index (χ1n) is 4.02. The molecule has 2 rings (SSSR count). The number of rotatable bonds is 0. The van der Waals surface area contributed by atoms with E-state index in [1.807, 2.05) is 12.1 Å². The molecule has 0 unspecified atom stereocenters. The molecule has 0 aromatic heterocycles. The zero-order chi connectivity index (χ0) is 9.42. The van der Waals surface area contributed by atoms with Gasteiger partial charge >= 0.3 is 5.97 Å². The van der Waals surface area contributed by atoms with Crippen LogP contribution in [0.1, 0.15) is 11.6 Å². The maximum Gasteiger partial charge on any atom is 0.330 e. The van der Waals surface area contributed by atoms with Crippen molar-refractivity contribution in [1.29, 1.82) is 0 Å². The summed E-state index contributed by atoms with van der Waals surface area (Å²) in [6.07, 6.45) is 0. The average Bonchev–Trinajstić information content (AvgIpc) is 2.15. The van der Waals surface area contributed by atoms with Gasteiger partial charge in [-0.1, -0.05) is 18.2 Å². The summed E-state index contributed by atoms with van der Waals surface area (Å²) in [6, 6.07) is 5.93. The molecule has 0 aliphatic carbocycles. The summed E-state index contributed by atoms with van der Waals surface area (Å²) >= 11 is 0. The quantitative estimate of drug-likeness (QED) is 0.430. The van der Waals surface area contributed by atoms with E-state index in [0.717, 1.165) is 5.56 Å². The van der Waals surface area contributed by atoms with Crippen LogP contribution in [-0.2, 0) is 4.79 Å². The molecule has 1 heterocycles. The highest BCUT2D eigenvalue weighted by atomic mass is 16.5. The highest BCUT2D eigenvalue weighted by molar-refractivity contribution is 5.81. The van der Waals surface area contributed by atoms with Gasteiger partial charge in [0.05, 0.1) is 6.04 Å². The van der Waals surface area contributed by atoms with E-state index in [1.54, 1.807) is 12.1 Å². The van der Waals surface area contributed by atoms with Gasteiger partial charge in [-0.05, 0) is 6.07 Å². The van der Waals surface area contributed by atoms with Gasteiger partial charge in [0.1, 0.15) is 11.8 Å². The van der Waals surface area contributed by atoms with Crippen LogP contribution in [0.25, 0.3) is 0 Å². The Morgan fingerprint density at radius 1 is 1.15 bits per heavy atom. The monoisotopic (exact) mass is 178 g/mol. The molecule has 0 fully saturated rings. The third-order valence-electron chi connectivity index (χ3n) is 2.15. The number of carbonyl (C=O) groups excluding carboxylic acids is 1. The van der Waals surface area contributed by atoms with Crippen molar-refractivity contribution in [1.82, 2.24) is 0 Å². The number of hydrogen-bond acceptors (Lipinski definition) is 4. The fourth-order valence-electron chi connectivity index (χ4n) is 1.37. The van der Waals surface area contributed by atoms with Crippen molar-refractivity contribution >= 4 is 5.97 Å². The first kappa shape index (κ1) is 8.22. The molecule has 2 atom stereocenters. The highest BCUT2D eigenvalue weighted by Crippen LogP contribution is 2.29. The summed E-state index contributed by atoms with van der Waals surface area (Å²) < 4.78 is 4.97. The lowest BCUT2D eigenvalue weighted by atomic mass is 9.97. The van der Waals surface area contributed by atoms with Crippen molar-refractivity contribution in [2.24, 2.45) is 11.5 Å². The Labute approximate surface area is 75.5 Å². The molecule has 0 saturated carbocycles. The number of ether oxygens (including phenoxy) is 1. The number of nitrogens with two attached hydrogens (primary N) is 2. The number of para-hydroxylation sites is 1. The Kier molecular flexibility index (Phi) is 1.79. The molecular weight excluding hydrogens is 168 g/mol. The first-order chi connectivity index (χ1) is 6.20. The van der Waals surface area contributed by atoms with Crippen LogP contribution in [0.3, 0.4) is 0 Å². The van der Waals surface area contributed by atoms with Crippen LogP contribution >= 0.6 is 0 Å². The minimum Gasteiger partial charge on any atom is -0.425 e. The summed E-state index contributed by atoms with van der Waals surface area (Å²) in [5.74, 6) is 0.0490. The van der Waals surface area contributed by atoms with Crippen LogP contribution in [0.4, 0.5) is 0 Å². The van der Waals surface area contributed by atoms with Gasteiger partial charge < -0.3 is 16.2 Å². The zero-order valence-electron chi connectivity index (χ0n) is 6.94. The summed E-state index contributed by atoms with van der Waals surface area (Å²) in [6.45, 7) is 0. The lowest BCUT2D eigenvalue weighted by molar-refractivity contribution is -0.137. The van der Waals surface area contributed by atoms with E-state index in [0.29, 0.717) is 5.75 Å². The average molecular weight is 178 g/mol. The fourth-order valence-corrected chi connectivity index (χ4v) is 1.37. The zero-order valence-corrected chi connectivity index (χ0v) is 6.94. The second kappa shape index (κ2) is 2.83. The highest BCUT2D eigenvalue weighted by Gasteiger charge is 2.31. The number of esters is 1. The second-order valence-electron chi connectivity index (χ2n) is 3.01. The van der Waals surface area contributed by atoms with E-state index >= 15 is 0 Å². The van der Waals surface area contributed by atoms with E-state index in [-0.39, 0.29) is 0 Å². The van der Waals surface area contributed by atoms with Crippen LogP contribution in [0.15, 0.2) is 24.3 Å². The van der Waals surface area contributed by atoms with Crippen LogP contribution < -0.4 is 16.2 Å². The van der Waals surface area contributed by atoms with Crippen LogP contribution in [0, 0.1) is 0 Å². The van der Waals surface area contributed by atoms with Crippen LogP contribution in [-0.4, -0.2) is 12.0 Å². The first-order valence-corrected chi connectivity index (χ1v) is 4.02. The predicted octanol–water partition coefficient (Wildman–Crippen LogP) is -0.0673. The maximum atomic E-state index is 11.1.